The second-order valence-corrected chi connectivity index (χ2v) is 5.15. The van der Waals surface area contributed by atoms with Crippen molar-refractivity contribution in [3.8, 4) is 0 Å². The topological polar surface area (TPSA) is 42.0 Å². The van der Waals surface area contributed by atoms with Crippen LogP contribution in [0.2, 0.25) is 0 Å². The van der Waals surface area contributed by atoms with Crippen LogP contribution in [0.4, 0.5) is 13.2 Å². The van der Waals surface area contributed by atoms with Gasteiger partial charge in [-0.15, -0.1) is 6.58 Å². The first-order valence-corrected chi connectivity index (χ1v) is 6.08. The van der Waals surface area contributed by atoms with Gasteiger partial charge in [-0.3, -0.25) is 9.78 Å². The van der Waals surface area contributed by atoms with E-state index in [1.807, 2.05) is 13.8 Å². The number of alkyl halides is 3. The molecule has 0 atom stereocenters. The zero-order valence-corrected chi connectivity index (χ0v) is 11.4. The van der Waals surface area contributed by atoms with Gasteiger partial charge >= 0.3 is 6.18 Å². The van der Waals surface area contributed by atoms with Crippen molar-refractivity contribution in [3.05, 3.63) is 42.2 Å². The Labute approximate surface area is 115 Å². The largest absolute Gasteiger partial charge is 0.433 e. The molecule has 1 N–H and O–H groups in total. The lowest BCUT2D eigenvalue weighted by atomic mass is 10.0. The van der Waals surface area contributed by atoms with Crippen molar-refractivity contribution >= 4 is 5.91 Å². The van der Waals surface area contributed by atoms with Crippen molar-refractivity contribution in [2.75, 3.05) is 0 Å². The Morgan fingerprint density at radius 1 is 1.40 bits per heavy atom. The van der Waals surface area contributed by atoms with E-state index in [2.05, 4.69) is 16.9 Å². The molecule has 0 aliphatic rings. The molecule has 1 rings (SSSR count). The van der Waals surface area contributed by atoms with Crippen LogP contribution in [0, 0.1) is 0 Å². The van der Waals surface area contributed by atoms with Crippen molar-refractivity contribution in [2.24, 2.45) is 0 Å². The van der Waals surface area contributed by atoms with E-state index in [-0.39, 0.29) is 12.3 Å². The van der Waals surface area contributed by atoms with Crippen molar-refractivity contribution in [2.45, 2.75) is 38.4 Å². The minimum absolute atomic E-state index is 0.00822. The Kier molecular flexibility index (Phi) is 4.92. The lowest BCUT2D eigenvalue weighted by molar-refractivity contribution is -0.141. The average Bonchev–Trinajstić information content (AvgIpc) is 2.27. The van der Waals surface area contributed by atoms with Crippen molar-refractivity contribution < 1.29 is 18.0 Å². The summed E-state index contributed by atoms with van der Waals surface area (Å²) >= 11 is 0. The van der Waals surface area contributed by atoms with Gasteiger partial charge < -0.3 is 5.32 Å². The molecule has 0 aliphatic carbocycles. The lowest BCUT2D eigenvalue weighted by Gasteiger charge is -2.24. The average molecular weight is 286 g/mol. The first-order valence-electron chi connectivity index (χ1n) is 6.08. The molecule has 3 nitrogen and oxygen atoms in total. The molecule has 1 aromatic rings. The molecule has 0 saturated carbocycles. The quantitative estimate of drug-likeness (QED) is 0.845. The maximum atomic E-state index is 12.3. The Balaban J connectivity index is 2.65. The van der Waals surface area contributed by atoms with Crippen LogP contribution in [0.1, 0.15) is 31.5 Å². The lowest BCUT2D eigenvalue weighted by Crippen LogP contribution is -2.43. The number of carbonyl (C=O) groups is 1. The van der Waals surface area contributed by atoms with Crippen LogP contribution in [-0.4, -0.2) is 16.4 Å². The molecule has 1 heterocycles. The Morgan fingerprint density at radius 3 is 2.50 bits per heavy atom. The highest BCUT2D eigenvalue weighted by atomic mass is 19.4. The summed E-state index contributed by atoms with van der Waals surface area (Å²) < 4.78 is 37.0. The highest BCUT2D eigenvalue weighted by Crippen LogP contribution is 2.27. The number of pyridine rings is 1. The summed E-state index contributed by atoms with van der Waals surface area (Å²) in [7, 11) is 0. The second-order valence-electron chi connectivity index (χ2n) is 5.15. The third-order valence-corrected chi connectivity index (χ3v) is 2.61. The molecule has 1 aromatic heterocycles. The van der Waals surface area contributed by atoms with Gasteiger partial charge in [-0.05, 0) is 31.9 Å². The monoisotopic (exact) mass is 286 g/mol. The predicted molar refractivity (Wildman–Crippen MR) is 70.0 cm³/mol. The number of nitrogens with one attached hydrogen (secondary N) is 1. The normalized spacial score (nSPS) is 12.1. The summed E-state index contributed by atoms with van der Waals surface area (Å²) in [5, 5.41) is 2.79. The van der Waals surface area contributed by atoms with Crippen molar-refractivity contribution in [1.82, 2.24) is 10.3 Å². The van der Waals surface area contributed by atoms with Crippen LogP contribution in [-0.2, 0) is 17.4 Å². The minimum Gasteiger partial charge on any atom is -0.351 e. The summed E-state index contributed by atoms with van der Waals surface area (Å²) in [4.78, 5) is 15.1. The number of nitrogens with zero attached hydrogens (tertiary/aromatic N) is 1. The molecular formula is C14H17F3N2O. The summed E-state index contributed by atoms with van der Waals surface area (Å²) in [6.45, 7) is 7.29. The number of carbonyl (C=O) groups excluding carboxylic acids is 1. The van der Waals surface area contributed by atoms with E-state index in [0.29, 0.717) is 12.0 Å². The Bertz CT molecular complexity index is 478. The van der Waals surface area contributed by atoms with Crippen LogP contribution in [0.5, 0.6) is 0 Å². The third kappa shape index (κ3) is 5.03. The fourth-order valence-corrected chi connectivity index (χ4v) is 1.72. The minimum atomic E-state index is -4.47. The third-order valence-electron chi connectivity index (χ3n) is 2.61. The van der Waals surface area contributed by atoms with E-state index in [1.165, 1.54) is 6.07 Å². The molecule has 0 fully saturated rings. The van der Waals surface area contributed by atoms with Gasteiger partial charge in [-0.25, -0.2) is 0 Å². The highest BCUT2D eigenvalue weighted by molar-refractivity contribution is 5.79. The van der Waals surface area contributed by atoms with Crippen LogP contribution < -0.4 is 5.32 Å². The van der Waals surface area contributed by atoms with Gasteiger partial charge in [0.25, 0.3) is 0 Å². The van der Waals surface area contributed by atoms with E-state index < -0.39 is 17.4 Å². The van der Waals surface area contributed by atoms with Gasteiger partial charge in [0.2, 0.25) is 5.91 Å². The van der Waals surface area contributed by atoms with Crippen LogP contribution in [0.3, 0.4) is 0 Å². The number of hydrogen-bond donors (Lipinski definition) is 1. The summed E-state index contributed by atoms with van der Waals surface area (Å²) in [6, 6.07) is 2.13. The van der Waals surface area contributed by atoms with E-state index in [1.54, 1.807) is 6.08 Å². The number of aromatic nitrogens is 1. The number of rotatable bonds is 5. The Morgan fingerprint density at radius 2 is 2.05 bits per heavy atom. The fraction of sp³-hybridized carbons (Fsp3) is 0.429. The molecular weight excluding hydrogens is 269 g/mol. The molecule has 110 valence electrons. The molecule has 0 aliphatic heterocycles. The molecule has 0 unspecified atom stereocenters. The van der Waals surface area contributed by atoms with Gasteiger partial charge in [0.15, 0.2) is 0 Å². The van der Waals surface area contributed by atoms with E-state index in [0.717, 1.165) is 12.3 Å². The molecule has 0 radical (unpaired) electrons. The second kappa shape index (κ2) is 6.07. The number of halogens is 3. The molecule has 1 amide bonds. The number of hydrogen-bond acceptors (Lipinski definition) is 2. The van der Waals surface area contributed by atoms with E-state index in [4.69, 9.17) is 0 Å². The van der Waals surface area contributed by atoms with Crippen LogP contribution in [0.25, 0.3) is 0 Å². The molecule has 0 bridgehead atoms. The van der Waals surface area contributed by atoms with Crippen LogP contribution in [0.15, 0.2) is 31.0 Å². The standard InChI is InChI=1S/C14H17F3N2O/c1-4-7-13(2,3)19-12(20)8-10-5-6-11(18-9-10)14(15,16)17/h4-6,9H,1,7-8H2,2-3H3,(H,19,20). The molecule has 6 heteroatoms. The van der Waals surface area contributed by atoms with Gasteiger partial charge in [0.1, 0.15) is 5.69 Å². The number of amides is 1. The molecule has 0 spiro atoms. The van der Waals surface area contributed by atoms with E-state index >= 15 is 0 Å². The van der Waals surface area contributed by atoms with Gasteiger partial charge in [-0.2, -0.15) is 13.2 Å². The maximum absolute atomic E-state index is 12.3. The first kappa shape index (κ1) is 16.2. The SMILES string of the molecule is C=CCC(C)(C)NC(=O)Cc1ccc(C(F)(F)F)nc1. The van der Waals surface area contributed by atoms with Gasteiger partial charge in [0, 0.05) is 11.7 Å². The molecule has 20 heavy (non-hydrogen) atoms. The first-order chi connectivity index (χ1) is 9.14. The summed E-state index contributed by atoms with van der Waals surface area (Å²) in [5.74, 6) is -0.265. The van der Waals surface area contributed by atoms with Gasteiger partial charge in [0.05, 0.1) is 6.42 Å². The van der Waals surface area contributed by atoms with Gasteiger partial charge in [-0.1, -0.05) is 12.1 Å². The van der Waals surface area contributed by atoms with Crippen molar-refractivity contribution in [1.29, 1.82) is 0 Å². The fourth-order valence-electron chi connectivity index (χ4n) is 1.72. The zero-order valence-electron chi connectivity index (χ0n) is 11.4. The summed E-state index contributed by atoms with van der Waals surface area (Å²) in [6.07, 6.45) is -1.11. The maximum Gasteiger partial charge on any atom is 0.433 e. The zero-order chi connectivity index (χ0) is 15.4. The van der Waals surface area contributed by atoms with Crippen molar-refractivity contribution in [3.63, 3.8) is 0 Å². The van der Waals surface area contributed by atoms with E-state index in [9.17, 15) is 18.0 Å². The molecule has 0 saturated heterocycles. The smallest absolute Gasteiger partial charge is 0.351 e. The Hall–Kier alpha value is -1.85. The predicted octanol–water partition coefficient (Wildman–Crippen LogP) is 3.11. The molecule has 0 aromatic carbocycles. The van der Waals surface area contributed by atoms with Crippen LogP contribution >= 0.6 is 0 Å². The summed E-state index contributed by atoms with van der Waals surface area (Å²) in [5.41, 5.74) is -0.961. The highest BCUT2D eigenvalue weighted by Gasteiger charge is 2.32.